The van der Waals surface area contributed by atoms with Crippen LogP contribution in [0.15, 0.2) is 24.3 Å². The molecule has 0 aromatic heterocycles. The molecule has 1 aliphatic rings. The Kier molecular flexibility index (Phi) is 12.3. The van der Waals surface area contributed by atoms with Gasteiger partial charge in [0.15, 0.2) is 0 Å². The predicted octanol–water partition coefficient (Wildman–Crippen LogP) is 3.02. The molecule has 1 aromatic rings. The Morgan fingerprint density at radius 1 is 1.20 bits per heavy atom. The van der Waals surface area contributed by atoms with E-state index in [9.17, 15) is 14.0 Å². The van der Waals surface area contributed by atoms with Crippen LogP contribution >= 0.6 is 0 Å². The molecular formula is C22H33FN2O5. The second kappa shape index (κ2) is 14.5. The van der Waals surface area contributed by atoms with Crippen molar-refractivity contribution in [3.8, 4) is 0 Å². The van der Waals surface area contributed by atoms with Crippen LogP contribution in [-0.4, -0.2) is 42.1 Å². The van der Waals surface area contributed by atoms with Gasteiger partial charge in [-0.3, -0.25) is 14.4 Å². The molecule has 0 radical (unpaired) electrons. The number of carbonyl (C=O) groups is 3. The monoisotopic (exact) mass is 424 g/mol. The summed E-state index contributed by atoms with van der Waals surface area (Å²) in [4.78, 5) is 32.9. The predicted molar refractivity (Wildman–Crippen MR) is 111 cm³/mol. The summed E-state index contributed by atoms with van der Waals surface area (Å²) in [5.41, 5.74) is 0.865. The fourth-order valence-electron chi connectivity index (χ4n) is 3.43. The number of ether oxygens (including phenoxy) is 1. The molecule has 0 bridgehead atoms. The fourth-order valence-corrected chi connectivity index (χ4v) is 3.43. The molecule has 0 aliphatic heterocycles. The molecule has 0 heterocycles. The van der Waals surface area contributed by atoms with Gasteiger partial charge < -0.3 is 20.5 Å². The van der Waals surface area contributed by atoms with E-state index >= 15 is 0 Å². The summed E-state index contributed by atoms with van der Waals surface area (Å²) in [5, 5.41) is 12.9. The second-order valence-corrected chi connectivity index (χ2v) is 7.29. The van der Waals surface area contributed by atoms with Crippen molar-refractivity contribution in [1.82, 2.24) is 10.6 Å². The number of benzene rings is 1. The number of halogens is 1. The molecule has 0 unspecified atom stereocenters. The molecule has 3 N–H and O–H groups in total. The molecule has 3 atom stereocenters. The van der Waals surface area contributed by atoms with Crippen molar-refractivity contribution in [2.75, 3.05) is 6.61 Å². The van der Waals surface area contributed by atoms with Crippen molar-refractivity contribution in [2.24, 2.45) is 5.92 Å². The summed E-state index contributed by atoms with van der Waals surface area (Å²) in [6, 6.07) is 6.09. The average Bonchev–Trinajstić information content (AvgIpc) is 2.73. The molecule has 1 saturated carbocycles. The van der Waals surface area contributed by atoms with Gasteiger partial charge in [0.2, 0.25) is 11.8 Å². The van der Waals surface area contributed by atoms with Crippen molar-refractivity contribution >= 4 is 18.3 Å². The van der Waals surface area contributed by atoms with Crippen LogP contribution in [0.1, 0.15) is 57.9 Å². The standard InChI is InChI=1S/C21H31FN2O3.CH2O2/c1-3-5-20(25)24-18-11-8-16(13-19(18)27-12-4-2)21(26)23-14-15-6-9-17(22)10-7-15;2-1-3/h6-7,9-10,16,18-19H,3-5,8,11-14H2,1-2H3,(H,23,26)(H,24,25);1H,(H,2,3)/t16-,18-,19-;/m0./s1. The highest BCUT2D eigenvalue weighted by Crippen LogP contribution is 2.27. The summed E-state index contributed by atoms with van der Waals surface area (Å²) >= 11 is 0. The van der Waals surface area contributed by atoms with Gasteiger partial charge in [-0.1, -0.05) is 26.0 Å². The van der Waals surface area contributed by atoms with Crippen LogP contribution in [0.25, 0.3) is 0 Å². The van der Waals surface area contributed by atoms with Crippen LogP contribution in [0.5, 0.6) is 0 Å². The molecule has 2 rings (SSSR count). The highest BCUT2D eigenvalue weighted by molar-refractivity contribution is 5.79. The zero-order valence-corrected chi connectivity index (χ0v) is 17.7. The molecule has 1 fully saturated rings. The van der Waals surface area contributed by atoms with Gasteiger partial charge >= 0.3 is 0 Å². The summed E-state index contributed by atoms with van der Waals surface area (Å²) in [6.07, 6.45) is 4.14. The van der Waals surface area contributed by atoms with E-state index in [-0.39, 0.29) is 42.2 Å². The van der Waals surface area contributed by atoms with E-state index in [2.05, 4.69) is 10.6 Å². The molecule has 0 saturated heterocycles. The van der Waals surface area contributed by atoms with Gasteiger partial charge in [0, 0.05) is 25.5 Å². The molecule has 168 valence electrons. The number of amides is 2. The van der Waals surface area contributed by atoms with E-state index in [1.54, 1.807) is 12.1 Å². The first-order valence-electron chi connectivity index (χ1n) is 10.5. The van der Waals surface area contributed by atoms with E-state index < -0.39 is 0 Å². The summed E-state index contributed by atoms with van der Waals surface area (Å²) in [7, 11) is 0. The van der Waals surface area contributed by atoms with Gasteiger partial charge in [0.1, 0.15) is 5.82 Å². The SMILES string of the molecule is CCCO[C@H]1C[C@@H](C(=O)NCc2ccc(F)cc2)CC[C@@H]1NC(=O)CCC.O=CO. The third-order valence-electron chi connectivity index (χ3n) is 4.90. The van der Waals surface area contributed by atoms with Crippen molar-refractivity contribution in [3.05, 3.63) is 35.6 Å². The number of hydrogen-bond acceptors (Lipinski definition) is 4. The first-order valence-corrected chi connectivity index (χ1v) is 10.5. The summed E-state index contributed by atoms with van der Waals surface area (Å²) in [6.45, 7) is 4.77. The molecule has 0 spiro atoms. The van der Waals surface area contributed by atoms with Gasteiger partial charge in [0.05, 0.1) is 12.1 Å². The highest BCUT2D eigenvalue weighted by atomic mass is 19.1. The van der Waals surface area contributed by atoms with Crippen LogP contribution in [-0.2, 0) is 25.7 Å². The molecule has 1 aliphatic carbocycles. The Balaban J connectivity index is 0.00000141. The lowest BCUT2D eigenvalue weighted by molar-refractivity contribution is -0.130. The molecule has 7 nitrogen and oxygen atoms in total. The van der Waals surface area contributed by atoms with Gasteiger partial charge in [-0.05, 0) is 49.8 Å². The lowest BCUT2D eigenvalue weighted by Crippen LogP contribution is -2.50. The normalized spacial score (nSPS) is 20.4. The first-order chi connectivity index (χ1) is 14.4. The minimum atomic E-state index is -0.288. The van der Waals surface area contributed by atoms with Crippen LogP contribution < -0.4 is 10.6 Å². The quantitative estimate of drug-likeness (QED) is 0.529. The number of carbonyl (C=O) groups excluding carboxylic acids is 2. The maximum absolute atomic E-state index is 13.0. The number of rotatable bonds is 9. The van der Waals surface area contributed by atoms with Crippen LogP contribution in [0.2, 0.25) is 0 Å². The fraction of sp³-hybridized carbons (Fsp3) is 0.591. The Morgan fingerprint density at radius 3 is 2.47 bits per heavy atom. The zero-order valence-electron chi connectivity index (χ0n) is 17.7. The average molecular weight is 425 g/mol. The largest absolute Gasteiger partial charge is 0.483 e. The van der Waals surface area contributed by atoms with E-state index in [4.69, 9.17) is 14.6 Å². The Hall–Kier alpha value is -2.48. The molecular weight excluding hydrogens is 391 g/mol. The van der Waals surface area contributed by atoms with Crippen molar-refractivity contribution < 1.29 is 28.6 Å². The number of hydrogen-bond donors (Lipinski definition) is 3. The second-order valence-electron chi connectivity index (χ2n) is 7.29. The maximum atomic E-state index is 13.0. The Bertz CT molecular complexity index is 653. The van der Waals surface area contributed by atoms with E-state index in [0.29, 0.717) is 26.0 Å². The lowest BCUT2D eigenvalue weighted by Gasteiger charge is -2.36. The van der Waals surface area contributed by atoms with E-state index in [1.165, 1.54) is 12.1 Å². The summed E-state index contributed by atoms with van der Waals surface area (Å²) in [5.74, 6) is -0.384. The van der Waals surface area contributed by atoms with E-state index in [1.807, 2.05) is 13.8 Å². The van der Waals surface area contributed by atoms with Gasteiger partial charge in [-0.15, -0.1) is 0 Å². The topological polar surface area (TPSA) is 105 Å². The molecule has 8 heteroatoms. The third-order valence-corrected chi connectivity index (χ3v) is 4.90. The van der Waals surface area contributed by atoms with Crippen LogP contribution in [0, 0.1) is 11.7 Å². The Labute approximate surface area is 177 Å². The van der Waals surface area contributed by atoms with Gasteiger partial charge in [-0.2, -0.15) is 0 Å². The lowest BCUT2D eigenvalue weighted by atomic mass is 9.83. The summed E-state index contributed by atoms with van der Waals surface area (Å²) < 4.78 is 18.9. The Morgan fingerprint density at radius 2 is 1.87 bits per heavy atom. The third kappa shape index (κ3) is 9.35. The molecule has 2 amide bonds. The van der Waals surface area contributed by atoms with Gasteiger partial charge in [-0.25, -0.2) is 4.39 Å². The van der Waals surface area contributed by atoms with Crippen LogP contribution in [0.3, 0.4) is 0 Å². The maximum Gasteiger partial charge on any atom is 0.290 e. The van der Waals surface area contributed by atoms with Crippen molar-refractivity contribution in [1.29, 1.82) is 0 Å². The van der Waals surface area contributed by atoms with Crippen LogP contribution in [0.4, 0.5) is 4.39 Å². The minimum absolute atomic E-state index is 0.0113. The van der Waals surface area contributed by atoms with Gasteiger partial charge in [0.25, 0.3) is 6.47 Å². The smallest absolute Gasteiger partial charge is 0.290 e. The molecule has 1 aromatic carbocycles. The molecule has 30 heavy (non-hydrogen) atoms. The van der Waals surface area contributed by atoms with Crippen molar-refractivity contribution in [3.63, 3.8) is 0 Å². The first kappa shape index (κ1) is 25.6. The zero-order chi connectivity index (χ0) is 22.4. The van der Waals surface area contributed by atoms with Crippen molar-refractivity contribution in [2.45, 2.75) is 71.1 Å². The number of nitrogens with one attached hydrogen (secondary N) is 2. The highest BCUT2D eigenvalue weighted by Gasteiger charge is 2.35. The minimum Gasteiger partial charge on any atom is -0.483 e. The number of carboxylic acid groups (broad SMARTS) is 1. The van der Waals surface area contributed by atoms with E-state index in [0.717, 1.165) is 31.2 Å².